The first-order chi connectivity index (χ1) is 14.6. The maximum atomic E-state index is 12.3. The van der Waals surface area contributed by atoms with Crippen molar-refractivity contribution >= 4 is 28.5 Å². The average Bonchev–Trinajstić information content (AvgIpc) is 3.16. The predicted molar refractivity (Wildman–Crippen MR) is 110 cm³/mol. The van der Waals surface area contributed by atoms with Crippen LogP contribution in [-0.4, -0.2) is 37.3 Å². The number of hydrogen-bond acceptors (Lipinski definition) is 8. The summed E-state index contributed by atoms with van der Waals surface area (Å²) in [7, 11) is 0. The lowest BCUT2D eigenvalue weighted by Crippen LogP contribution is -2.13. The Morgan fingerprint density at radius 2 is 2.03 bits per heavy atom. The van der Waals surface area contributed by atoms with Crippen LogP contribution in [0.2, 0.25) is 0 Å². The Balaban J connectivity index is 1.81. The number of pyridine rings is 1. The minimum Gasteiger partial charge on any atom is -0.462 e. The Kier molecular flexibility index (Phi) is 5.05. The van der Waals surface area contributed by atoms with Crippen LogP contribution in [0.5, 0.6) is 0 Å². The number of para-hydroxylation sites is 1. The van der Waals surface area contributed by atoms with E-state index in [2.05, 4.69) is 31.4 Å². The third-order valence-electron chi connectivity index (χ3n) is 4.33. The fourth-order valence-corrected chi connectivity index (χ4v) is 2.93. The highest BCUT2D eigenvalue weighted by atomic mass is 16.5. The van der Waals surface area contributed by atoms with Gasteiger partial charge in [0.25, 0.3) is 0 Å². The van der Waals surface area contributed by atoms with E-state index in [0.717, 1.165) is 10.9 Å². The van der Waals surface area contributed by atoms with Crippen molar-refractivity contribution in [2.45, 2.75) is 13.8 Å². The number of fused-ring (bicyclic) bond motifs is 1. The predicted octanol–water partition coefficient (Wildman–Crippen LogP) is 3.31. The van der Waals surface area contributed by atoms with E-state index in [1.165, 1.54) is 17.1 Å². The molecule has 30 heavy (non-hydrogen) atoms. The molecule has 0 atom stereocenters. The van der Waals surface area contributed by atoms with Gasteiger partial charge in [0.15, 0.2) is 11.6 Å². The minimum absolute atomic E-state index is 0.158. The lowest BCUT2D eigenvalue weighted by atomic mass is 10.2. The number of hydrogen-bond donors (Lipinski definition) is 1. The Morgan fingerprint density at radius 3 is 2.83 bits per heavy atom. The van der Waals surface area contributed by atoms with Crippen LogP contribution in [0.3, 0.4) is 0 Å². The largest absolute Gasteiger partial charge is 0.462 e. The van der Waals surface area contributed by atoms with Gasteiger partial charge in [-0.2, -0.15) is 15.0 Å². The molecule has 9 heteroatoms. The molecule has 0 aliphatic heterocycles. The second-order valence-corrected chi connectivity index (χ2v) is 6.32. The molecule has 148 valence electrons. The second-order valence-electron chi connectivity index (χ2n) is 6.32. The van der Waals surface area contributed by atoms with Crippen LogP contribution in [0.15, 0.2) is 48.8 Å². The number of rotatable bonds is 5. The Bertz CT molecular complexity index is 1290. The summed E-state index contributed by atoms with van der Waals surface area (Å²) in [6, 6.07) is 13.5. The number of carbonyl (C=O) groups is 1. The third-order valence-corrected chi connectivity index (χ3v) is 4.33. The van der Waals surface area contributed by atoms with Gasteiger partial charge < -0.3 is 10.1 Å². The van der Waals surface area contributed by atoms with Gasteiger partial charge in [0.05, 0.1) is 18.3 Å². The molecule has 0 amide bonds. The van der Waals surface area contributed by atoms with E-state index >= 15 is 0 Å². The number of esters is 1. The molecule has 1 aromatic carbocycles. The normalized spacial score (nSPS) is 10.6. The summed E-state index contributed by atoms with van der Waals surface area (Å²) in [5.74, 6) is 0.970. The maximum Gasteiger partial charge on any atom is 0.343 e. The molecule has 0 aliphatic carbocycles. The molecular formula is C21H17N7O2. The topological polar surface area (TPSA) is 119 Å². The lowest BCUT2D eigenvalue weighted by Gasteiger charge is -2.13. The first-order valence-corrected chi connectivity index (χ1v) is 9.22. The summed E-state index contributed by atoms with van der Waals surface area (Å²) in [5, 5.41) is 17.9. The number of nitriles is 1. The van der Waals surface area contributed by atoms with Crippen LogP contribution in [-0.2, 0) is 4.74 Å². The van der Waals surface area contributed by atoms with E-state index in [-0.39, 0.29) is 23.6 Å². The summed E-state index contributed by atoms with van der Waals surface area (Å²) in [5.41, 5.74) is 1.22. The molecule has 0 fully saturated rings. The molecule has 0 unspecified atom stereocenters. The quantitative estimate of drug-likeness (QED) is 0.508. The van der Waals surface area contributed by atoms with Gasteiger partial charge in [-0.1, -0.05) is 18.2 Å². The molecule has 4 aromatic rings. The molecule has 3 heterocycles. The molecule has 1 N–H and O–H groups in total. The molecule has 0 saturated heterocycles. The Hall–Kier alpha value is -4.32. The van der Waals surface area contributed by atoms with Crippen molar-refractivity contribution in [3.05, 3.63) is 65.7 Å². The number of benzene rings is 1. The number of aryl methyl sites for hydroxylation is 1. The highest BCUT2D eigenvalue weighted by molar-refractivity contribution is 5.95. The van der Waals surface area contributed by atoms with Crippen LogP contribution in [0.4, 0.5) is 11.6 Å². The van der Waals surface area contributed by atoms with Crippen LogP contribution in [0, 0.1) is 18.3 Å². The molecule has 4 rings (SSSR count). The zero-order valence-corrected chi connectivity index (χ0v) is 16.3. The first-order valence-electron chi connectivity index (χ1n) is 9.22. The van der Waals surface area contributed by atoms with E-state index < -0.39 is 5.97 Å². The van der Waals surface area contributed by atoms with Crippen molar-refractivity contribution in [3.63, 3.8) is 0 Å². The molecular weight excluding hydrogens is 382 g/mol. The zero-order valence-electron chi connectivity index (χ0n) is 16.3. The van der Waals surface area contributed by atoms with E-state index in [9.17, 15) is 10.1 Å². The van der Waals surface area contributed by atoms with Crippen LogP contribution in [0.1, 0.15) is 28.7 Å². The van der Waals surface area contributed by atoms with Crippen molar-refractivity contribution in [2.75, 3.05) is 11.9 Å². The number of nitrogens with one attached hydrogen (secondary N) is 1. The van der Waals surface area contributed by atoms with Gasteiger partial charge in [0.1, 0.15) is 28.8 Å². The number of aromatic nitrogens is 5. The third kappa shape index (κ3) is 3.54. The summed E-state index contributed by atoms with van der Waals surface area (Å²) >= 11 is 0. The van der Waals surface area contributed by atoms with Crippen molar-refractivity contribution in [3.8, 4) is 11.9 Å². The van der Waals surface area contributed by atoms with E-state index in [1.807, 2.05) is 30.3 Å². The van der Waals surface area contributed by atoms with Crippen molar-refractivity contribution in [1.82, 2.24) is 24.7 Å². The van der Waals surface area contributed by atoms with Crippen LogP contribution >= 0.6 is 0 Å². The summed E-state index contributed by atoms with van der Waals surface area (Å²) in [6.45, 7) is 3.64. The highest BCUT2D eigenvalue weighted by Gasteiger charge is 2.20. The second kappa shape index (κ2) is 7.97. The molecule has 9 nitrogen and oxygen atoms in total. The maximum absolute atomic E-state index is 12.3. The number of carbonyl (C=O) groups excluding carboxylic acids is 1. The zero-order chi connectivity index (χ0) is 21.1. The van der Waals surface area contributed by atoms with Gasteiger partial charge in [-0.05, 0) is 32.0 Å². The van der Waals surface area contributed by atoms with Gasteiger partial charge >= 0.3 is 5.97 Å². The van der Waals surface area contributed by atoms with Gasteiger partial charge in [0.2, 0.25) is 0 Å². The number of nitrogens with zero attached hydrogens (tertiary/aromatic N) is 6. The highest BCUT2D eigenvalue weighted by Crippen LogP contribution is 2.25. The van der Waals surface area contributed by atoms with E-state index in [1.54, 1.807) is 19.9 Å². The van der Waals surface area contributed by atoms with Gasteiger partial charge in [0, 0.05) is 11.6 Å². The molecule has 0 radical (unpaired) electrons. The molecule has 0 bridgehead atoms. The monoisotopic (exact) mass is 399 g/mol. The van der Waals surface area contributed by atoms with Gasteiger partial charge in [-0.3, -0.25) is 0 Å². The molecule has 0 aliphatic rings. The fraction of sp³-hybridized carbons (Fsp3) is 0.143. The SMILES string of the molecule is CCOC(=O)c1cnc(C)nc1Nc1c(C#N)cnn1-c1ccc2ccccc2n1. The van der Waals surface area contributed by atoms with Crippen molar-refractivity contribution in [2.24, 2.45) is 0 Å². The molecule has 0 saturated carbocycles. The smallest absolute Gasteiger partial charge is 0.343 e. The summed E-state index contributed by atoms with van der Waals surface area (Å²) in [6.07, 6.45) is 2.82. The first kappa shape index (κ1) is 19.0. The van der Waals surface area contributed by atoms with E-state index in [0.29, 0.717) is 17.5 Å². The minimum atomic E-state index is -0.562. The van der Waals surface area contributed by atoms with Gasteiger partial charge in [-0.25, -0.2) is 19.7 Å². The number of ether oxygens (including phenoxy) is 1. The van der Waals surface area contributed by atoms with E-state index in [4.69, 9.17) is 4.74 Å². The van der Waals surface area contributed by atoms with Crippen molar-refractivity contribution in [1.29, 1.82) is 5.26 Å². The fourth-order valence-electron chi connectivity index (χ4n) is 2.93. The molecule has 0 spiro atoms. The molecule has 3 aromatic heterocycles. The van der Waals surface area contributed by atoms with Gasteiger partial charge in [-0.15, -0.1) is 0 Å². The standard InChI is InChI=1S/C21H17N7O2/c1-3-30-21(29)16-12-23-13(2)25-19(16)27-20-15(10-22)11-24-28(20)18-9-8-14-6-4-5-7-17(14)26-18/h4-9,11-12H,3H2,1-2H3,(H,23,25,27). The summed E-state index contributed by atoms with van der Waals surface area (Å²) < 4.78 is 6.59. The average molecular weight is 399 g/mol. The van der Waals surface area contributed by atoms with Crippen molar-refractivity contribution < 1.29 is 9.53 Å². The number of anilines is 2. The van der Waals surface area contributed by atoms with Crippen LogP contribution in [0.25, 0.3) is 16.7 Å². The Labute approximate surface area is 172 Å². The van der Waals surface area contributed by atoms with Crippen LogP contribution < -0.4 is 5.32 Å². The summed E-state index contributed by atoms with van der Waals surface area (Å²) in [4.78, 5) is 25.3. The lowest BCUT2D eigenvalue weighted by molar-refractivity contribution is 0.0526. The Morgan fingerprint density at radius 1 is 1.20 bits per heavy atom.